The Morgan fingerprint density at radius 3 is 2.52 bits per heavy atom. The summed E-state index contributed by atoms with van der Waals surface area (Å²) in [7, 11) is 1.49. The van der Waals surface area contributed by atoms with Crippen molar-refractivity contribution in [3.63, 3.8) is 0 Å². The molecule has 0 unspecified atom stereocenters. The standard InChI is InChI=1S/C22H32F3NO3/c1-21(2,3)12-15-13-26-7-5-14-9-20(29-8-6-22(23,24)25)19(28-4)10-16(14)17(26)11-18(15)27/h9-10,15,17-18,27H,5-8,11-13H2,1-4H3/t15-,17-,18-/m1/s1. The second-order valence-corrected chi connectivity index (χ2v) is 9.50. The van der Waals surface area contributed by atoms with Crippen molar-refractivity contribution < 1.29 is 27.8 Å². The molecule has 0 spiro atoms. The smallest absolute Gasteiger partial charge is 0.392 e. The fourth-order valence-electron chi connectivity index (χ4n) is 4.64. The molecule has 2 aliphatic heterocycles. The molecule has 0 bridgehead atoms. The van der Waals surface area contributed by atoms with Crippen LogP contribution in [0.25, 0.3) is 0 Å². The number of aliphatic hydroxyl groups excluding tert-OH is 1. The highest BCUT2D eigenvalue weighted by molar-refractivity contribution is 5.49. The van der Waals surface area contributed by atoms with Gasteiger partial charge in [-0.2, -0.15) is 13.2 Å². The van der Waals surface area contributed by atoms with Gasteiger partial charge < -0.3 is 14.6 Å². The summed E-state index contributed by atoms with van der Waals surface area (Å²) >= 11 is 0. The first-order chi connectivity index (χ1) is 13.5. The van der Waals surface area contributed by atoms with Crippen molar-refractivity contribution in [3.8, 4) is 11.5 Å². The summed E-state index contributed by atoms with van der Waals surface area (Å²) in [6.45, 7) is 7.89. The number of halogens is 3. The Bertz CT molecular complexity index is 714. The third-order valence-electron chi connectivity index (χ3n) is 5.89. The van der Waals surface area contributed by atoms with E-state index in [0.29, 0.717) is 17.9 Å². The topological polar surface area (TPSA) is 41.9 Å². The minimum Gasteiger partial charge on any atom is -0.493 e. The molecule has 0 saturated carbocycles. The van der Waals surface area contributed by atoms with Crippen LogP contribution in [0.4, 0.5) is 13.2 Å². The Balaban J connectivity index is 1.77. The molecule has 7 heteroatoms. The van der Waals surface area contributed by atoms with Gasteiger partial charge in [0.2, 0.25) is 0 Å². The van der Waals surface area contributed by atoms with Gasteiger partial charge in [0.15, 0.2) is 11.5 Å². The molecule has 1 saturated heterocycles. The molecule has 0 amide bonds. The molecular formula is C22H32F3NO3. The van der Waals surface area contributed by atoms with Gasteiger partial charge in [0.25, 0.3) is 0 Å². The minimum atomic E-state index is -4.25. The van der Waals surface area contributed by atoms with Crippen LogP contribution in [0.2, 0.25) is 0 Å². The fraction of sp³-hybridized carbons (Fsp3) is 0.727. The third kappa shape index (κ3) is 5.57. The molecule has 1 aromatic carbocycles. The lowest BCUT2D eigenvalue weighted by atomic mass is 9.75. The first kappa shape index (κ1) is 22.2. The number of rotatable bonds is 5. The number of alkyl halides is 3. The van der Waals surface area contributed by atoms with Gasteiger partial charge in [-0.3, -0.25) is 4.90 Å². The lowest BCUT2D eigenvalue weighted by Gasteiger charge is -2.47. The summed E-state index contributed by atoms with van der Waals surface area (Å²) in [4.78, 5) is 2.43. The van der Waals surface area contributed by atoms with E-state index in [9.17, 15) is 18.3 Å². The van der Waals surface area contributed by atoms with Crippen molar-refractivity contribution in [2.45, 2.75) is 64.8 Å². The average molecular weight is 415 g/mol. The Hall–Kier alpha value is -1.47. The summed E-state index contributed by atoms with van der Waals surface area (Å²) in [5, 5.41) is 10.8. The molecule has 4 nitrogen and oxygen atoms in total. The summed E-state index contributed by atoms with van der Waals surface area (Å²) < 4.78 is 48.1. The van der Waals surface area contributed by atoms with Crippen LogP contribution in [0.15, 0.2) is 12.1 Å². The number of ether oxygens (including phenoxy) is 2. The average Bonchev–Trinajstić information content (AvgIpc) is 2.59. The van der Waals surface area contributed by atoms with E-state index in [1.54, 1.807) is 0 Å². The highest BCUT2D eigenvalue weighted by Crippen LogP contribution is 2.44. The van der Waals surface area contributed by atoms with Crippen molar-refractivity contribution in [3.05, 3.63) is 23.3 Å². The molecule has 164 valence electrons. The SMILES string of the molecule is COc1cc2c(cc1OCCC(F)(F)F)CCN1C[C@@H](CC(C)(C)C)[C@H](O)C[C@H]21. The minimum absolute atomic E-state index is 0.100. The quantitative estimate of drug-likeness (QED) is 0.754. The molecule has 1 aromatic rings. The highest BCUT2D eigenvalue weighted by Gasteiger charge is 2.40. The van der Waals surface area contributed by atoms with Gasteiger partial charge >= 0.3 is 6.18 Å². The molecule has 0 aromatic heterocycles. The van der Waals surface area contributed by atoms with Crippen molar-refractivity contribution >= 4 is 0 Å². The molecule has 3 rings (SSSR count). The summed E-state index contributed by atoms with van der Waals surface area (Å²) in [5.74, 6) is 1.05. The number of piperidine rings is 1. The predicted octanol–water partition coefficient (Wildman–Crippen LogP) is 4.74. The lowest BCUT2D eigenvalue weighted by molar-refractivity contribution is -0.139. The summed E-state index contributed by atoms with van der Waals surface area (Å²) in [5.41, 5.74) is 2.32. The first-order valence-electron chi connectivity index (χ1n) is 10.3. The van der Waals surface area contributed by atoms with Gasteiger partial charge in [-0.15, -0.1) is 0 Å². The van der Waals surface area contributed by atoms with Crippen molar-refractivity contribution in [1.29, 1.82) is 0 Å². The monoisotopic (exact) mass is 415 g/mol. The second-order valence-electron chi connectivity index (χ2n) is 9.50. The Morgan fingerprint density at radius 1 is 1.17 bits per heavy atom. The number of fused-ring (bicyclic) bond motifs is 3. The Morgan fingerprint density at radius 2 is 1.90 bits per heavy atom. The van der Waals surface area contributed by atoms with Gasteiger partial charge in [-0.05, 0) is 53.9 Å². The van der Waals surface area contributed by atoms with Crippen LogP contribution >= 0.6 is 0 Å². The normalized spacial score (nSPS) is 25.3. The second kappa shape index (κ2) is 8.34. The third-order valence-corrected chi connectivity index (χ3v) is 5.89. The lowest BCUT2D eigenvalue weighted by Crippen LogP contribution is -2.48. The van der Waals surface area contributed by atoms with Crippen LogP contribution in [0.1, 0.15) is 57.2 Å². The Kier molecular flexibility index (Phi) is 6.39. The zero-order valence-electron chi connectivity index (χ0n) is 17.7. The van der Waals surface area contributed by atoms with E-state index in [1.165, 1.54) is 7.11 Å². The maximum Gasteiger partial charge on any atom is 0.392 e. The van der Waals surface area contributed by atoms with Gasteiger partial charge in [0.05, 0.1) is 26.2 Å². The van der Waals surface area contributed by atoms with Crippen molar-refractivity contribution in [1.82, 2.24) is 4.90 Å². The van der Waals surface area contributed by atoms with Crippen LogP contribution in [-0.2, 0) is 6.42 Å². The van der Waals surface area contributed by atoms with Gasteiger partial charge in [0.1, 0.15) is 0 Å². The van der Waals surface area contributed by atoms with Gasteiger partial charge in [0, 0.05) is 19.1 Å². The molecule has 0 radical (unpaired) electrons. The number of benzene rings is 1. The maximum absolute atomic E-state index is 12.4. The van der Waals surface area contributed by atoms with Gasteiger partial charge in [-0.25, -0.2) is 0 Å². The zero-order chi connectivity index (χ0) is 21.4. The molecule has 29 heavy (non-hydrogen) atoms. The van der Waals surface area contributed by atoms with Crippen molar-refractivity contribution in [2.75, 3.05) is 26.8 Å². The van der Waals surface area contributed by atoms with Gasteiger partial charge in [-0.1, -0.05) is 20.8 Å². The van der Waals surface area contributed by atoms with Crippen LogP contribution in [-0.4, -0.2) is 49.1 Å². The van der Waals surface area contributed by atoms with E-state index in [4.69, 9.17) is 9.47 Å². The summed E-state index contributed by atoms with van der Waals surface area (Å²) in [6.07, 6.45) is -3.17. The van der Waals surface area contributed by atoms with Crippen LogP contribution in [0.3, 0.4) is 0 Å². The van der Waals surface area contributed by atoms with E-state index in [2.05, 4.69) is 25.7 Å². The molecule has 1 fully saturated rings. The molecule has 2 aliphatic rings. The zero-order valence-corrected chi connectivity index (χ0v) is 17.7. The highest BCUT2D eigenvalue weighted by atomic mass is 19.4. The van der Waals surface area contributed by atoms with E-state index >= 15 is 0 Å². The number of methoxy groups -OCH3 is 1. The number of hydrogen-bond donors (Lipinski definition) is 1. The first-order valence-corrected chi connectivity index (χ1v) is 10.3. The van der Waals surface area contributed by atoms with Crippen molar-refractivity contribution in [2.24, 2.45) is 11.3 Å². The number of hydrogen-bond acceptors (Lipinski definition) is 4. The fourth-order valence-corrected chi connectivity index (χ4v) is 4.64. The molecular weight excluding hydrogens is 383 g/mol. The molecule has 3 atom stereocenters. The number of aliphatic hydroxyl groups is 1. The van der Waals surface area contributed by atoms with E-state index in [0.717, 1.165) is 37.1 Å². The largest absolute Gasteiger partial charge is 0.493 e. The summed E-state index contributed by atoms with van der Waals surface area (Å²) in [6, 6.07) is 3.80. The predicted molar refractivity (Wildman–Crippen MR) is 105 cm³/mol. The van der Waals surface area contributed by atoms with Crippen LogP contribution in [0, 0.1) is 11.3 Å². The van der Waals surface area contributed by atoms with Crippen LogP contribution < -0.4 is 9.47 Å². The molecule has 0 aliphatic carbocycles. The molecule has 2 heterocycles. The molecule has 1 N–H and O–H groups in total. The number of nitrogens with zero attached hydrogens (tertiary/aromatic N) is 1. The van der Waals surface area contributed by atoms with E-state index < -0.39 is 19.2 Å². The van der Waals surface area contributed by atoms with Crippen LogP contribution in [0.5, 0.6) is 11.5 Å². The Labute approximate surface area is 171 Å². The maximum atomic E-state index is 12.4. The van der Waals surface area contributed by atoms with E-state index in [1.807, 2.05) is 12.1 Å². The van der Waals surface area contributed by atoms with E-state index in [-0.39, 0.29) is 23.5 Å².